The fraction of sp³-hybridized carbons (Fsp3) is 0.389. The summed E-state index contributed by atoms with van der Waals surface area (Å²) in [5.41, 5.74) is 0.881. The maximum Gasteiger partial charge on any atom is 0.416 e. The number of benzene rings is 1. The van der Waals surface area contributed by atoms with Gasteiger partial charge in [0, 0.05) is 19.5 Å². The number of alkyl halides is 3. The minimum absolute atomic E-state index is 0.0263. The molecule has 2 atom stereocenters. The Balaban J connectivity index is 1.85. The van der Waals surface area contributed by atoms with Crippen molar-refractivity contribution in [2.45, 2.75) is 25.9 Å². The van der Waals surface area contributed by atoms with Gasteiger partial charge in [0.15, 0.2) is 0 Å². The Morgan fingerprint density at radius 1 is 1.14 bits per heavy atom. The van der Waals surface area contributed by atoms with E-state index < -0.39 is 35.4 Å². The number of nitrogens with one attached hydrogen (secondary N) is 1. The van der Waals surface area contributed by atoms with Gasteiger partial charge in [0.2, 0.25) is 17.8 Å². The van der Waals surface area contributed by atoms with E-state index in [-0.39, 0.29) is 12.5 Å². The van der Waals surface area contributed by atoms with Gasteiger partial charge >= 0.3 is 6.18 Å². The van der Waals surface area contributed by atoms with E-state index in [9.17, 15) is 22.8 Å². The van der Waals surface area contributed by atoms with Gasteiger partial charge in [0.25, 0.3) is 0 Å². The first-order valence-corrected chi connectivity index (χ1v) is 8.49. The van der Waals surface area contributed by atoms with Gasteiger partial charge in [-0.1, -0.05) is 12.1 Å². The third-order valence-electron chi connectivity index (χ3n) is 4.79. The van der Waals surface area contributed by atoms with Gasteiger partial charge in [-0.2, -0.15) is 18.3 Å². The van der Waals surface area contributed by atoms with Crippen molar-refractivity contribution >= 4 is 17.8 Å². The first-order chi connectivity index (χ1) is 13.1. The van der Waals surface area contributed by atoms with E-state index in [2.05, 4.69) is 20.5 Å². The van der Waals surface area contributed by atoms with Crippen LogP contribution in [-0.2, 0) is 15.8 Å². The quantitative estimate of drug-likeness (QED) is 0.809. The zero-order valence-corrected chi connectivity index (χ0v) is 15.4. The number of halogens is 3. The second-order valence-electron chi connectivity index (χ2n) is 6.72. The summed E-state index contributed by atoms with van der Waals surface area (Å²) in [6.07, 6.45) is -4.45. The summed E-state index contributed by atoms with van der Waals surface area (Å²) in [5, 5.41) is 10.1. The maximum atomic E-state index is 12.8. The van der Waals surface area contributed by atoms with Crippen molar-refractivity contribution in [1.82, 2.24) is 20.1 Å². The SMILES string of the molecule is Cc1nnc(NC(=O)[C@@H]2C(=O)N(C)C[C@H]2c2ccc(C(F)(F)F)cc2)nc1C. The predicted molar refractivity (Wildman–Crippen MR) is 93.2 cm³/mol. The molecule has 3 rings (SSSR count). The summed E-state index contributed by atoms with van der Waals surface area (Å²) in [4.78, 5) is 30.7. The van der Waals surface area contributed by atoms with E-state index in [1.165, 1.54) is 17.0 Å². The number of nitrogens with zero attached hydrogens (tertiary/aromatic N) is 4. The van der Waals surface area contributed by atoms with Gasteiger partial charge in [-0.3, -0.25) is 14.9 Å². The Morgan fingerprint density at radius 2 is 1.79 bits per heavy atom. The Labute approximate surface area is 159 Å². The van der Waals surface area contributed by atoms with Crippen LogP contribution >= 0.6 is 0 Å². The predicted octanol–water partition coefficient (Wildman–Crippen LogP) is 2.32. The van der Waals surface area contributed by atoms with E-state index in [0.29, 0.717) is 17.0 Å². The summed E-state index contributed by atoms with van der Waals surface area (Å²) < 4.78 is 38.3. The number of aromatic nitrogens is 3. The minimum Gasteiger partial charge on any atom is -0.344 e. The molecule has 1 aromatic carbocycles. The summed E-state index contributed by atoms with van der Waals surface area (Å²) in [7, 11) is 1.54. The Morgan fingerprint density at radius 3 is 2.36 bits per heavy atom. The molecule has 7 nitrogen and oxygen atoms in total. The highest BCUT2D eigenvalue weighted by atomic mass is 19.4. The minimum atomic E-state index is -4.45. The largest absolute Gasteiger partial charge is 0.416 e. The standard InChI is InChI=1S/C18H18F3N5O2/c1-9-10(2)24-25-17(22-9)23-15(27)14-13(8-26(3)16(14)28)11-4-6-12(7-5-11)18(19,20)21/h4-7,13-14H,8H2,1-3H3,(H,22,23,25,27)/t13-,14+/m0/s1. The van der Waals surface area contributed by atoms with Crippen molar-refractivity contribution in [3.63, 3.8) is 0 Å². The van der Waals surface area contributed by atoms with E-state index in [1.54, 1.807) is 20.9 Å². The molecule has 0 bridgehead atoms. The van der Waals surface area contributed by atoms with Crippen molar-refractivity contribution in [2.24, 2.45) is 5.92 Å². The molecule has 1 aromatic heterocycles. The highest BCUT2D eigenvalue weighted by molar-refractivity contribution is 6.07. The summed E-state index contributed by atoms with van der Waals surface area (Å²) in [5.74, 6) is -2.74. The van der Waals surface area contributed by atoms with Gasteiger partial charge in [-0.05, 0) is 31.5 Å². The van der Waals surface area contributed by atoms with E-state index in [1.807, 2.05) is 0 Å². The number of aryl methyl sites for hydroxylation is 2. The van der Waals surface area contributed by atoms with Crippen molar-refractivity contribution in [3.05, 3.63) is 46.8 Å². The van der Waals surface area contributed by atoms with Gasteiger partial charge in [-0.25, -0.2) is 4.98 Å². The fourth-order valence-corrected chi connectivity index (χ4v) is 3.11. The number of likely N-dealkylation sites (N-methyl/N-ethyl adjacent to an activating group) is 1. The molecule has 148 valence electrons. The van der Waals surface area contributed by atoms with Crippen LogP contribution in [0.15, 0.2) is 24.3 Å². The van der Waals surface area contributed by atoms with Crippen LogP contribution in [0.3, 0.4) is 0 Å². The molecule has 1 N–H and O–H groups in total. The summed E-state index contributed by atoms with van der Waals surface area (Å²) in [6.45, 7) is 3.64. The summed E-state index contributed by atoms with van der Waals surface area (Å²) in [6, 6.07) is 4.50. The molecule has 2 heterocycles. The van der Waals surface area contributed by atoms with Gasteiger partial charge in [0.05, 0.1) is 17.0 Å². The van der Waals surface area contributed by atoms with Crippen LogP contribution in [0.2, 0.25) is 0 Å². The first kappa shape index (κ1) is 19.7. The van der Waals surface area contributed by atoms with E-state index in [0.717, 1.165) is 12.1 Å². The third-order valence-corrected chi connectivity index (χ3v) is 4.79. The highest BCUT2D eigenvalue weighted by Crippen LogP contribution is 2.36. The number of likely N-dealkylation sites (tertiary alicyclic amines) is 1. The number of amides is 2. The molecule has 2 aromatic rings. The molecule has 0 unspecified atom stereocenters. The smallest absolute Gasteiger partial charge is 0.344 e. The molecular weight excluding hydrogens is 375 g/mol. The van der Waals surface area contributed by atoms with Crippen LogP contribution in [0.5, 0.6) is 0 Å². The second kappa shape index (κ2) is 7.17. The molecule has 1 fully saturated rings. The number of carbonyl (C=O) groups excluding carboxylic acids is 2. The van der Waals surface area contributed by atoms with Crippen LogP contribution in [-0.4, -0.2) is 45.5 Å². The second-order valence-corrected chi connectivity index (χ2v) is 6.72. The average molecular weight is 393 g/mol. The van der Waals surface area contributed by atoms with Crippen LogP contribution in [0, 0.1) is 19.8 Å². The lowest BCUT2D eigenvalue weighted by atomic mass is 9.87. The van der Waals surface area contributed by atoms with Crippen molar-refractivity contribution in [3.8, 4) is 0 Å². The van der Waals surface area contributed by atoms with Gasteiger partial charge in [-0.15, -0.1) is 5.10 Å². The van der Waals surface area contributed by atoms with Crippen LogP contribution in [0.1, 0.15) is 28.4 Å². The molecule has 0 radical (unpaired) electrons. The monoisotopic (exact) mass is 393 g/mol. The Hall–Kier alpha value is -3.04. The number of hydrogen-bond acceptors (Lipinski definition) is 5. The normalized spacial score (nSPS) is 19.8. The molecule has 1 aliphatic rings. The fourth-order valence-electron chi connectivity index (χ4n) is 3.11. The molecule has 0 saturated carbocycles. The summed E-state index contributed by atoms with van der Waals surface area (Å²) >= 11 is 0. The molecule has 1 saturated heterocycles. The van der Waals surface area contributed by atoms with Crippen LogP contribution in [0.25, 0.3) is 0 Å². The Kier molecular flexibility index (Phi) is 5.05. The van der Waals surface area contributed by atoms with E-state index >= 15 is 0 Å². The van der Waals surface area contributed by atoms with Crippen molar-refractivity contribution < 1.29 is 22.8 Å². The lowest BCUT2D eigenvalue weighted by Crippen LogP contribution is -2.33. The number of carbonyl (C=O) groups is 2. The number of anilines is 1. The molecule has 0 spiro atoms. The molecule has 1 aliphatic heterocycles. The van der Waals surface area contributed by atoms with Gasteiger partial charge < -0.3 is 4.90 Å². The molecule has 28 heavy (non-hydrogen) atoms. The molecular formula is C18H18F3N5O2. The van der Waals surface area contributed by atoms with Crippen LogP contribution in [0.4, 0.5) is 19.1 Å². The number of rotatable bonds is 3. The Bertz CT molecular complexity index is 914. The third kappa shape index (κ3) is 3.80. The van der Waals surface area contributed by atoms with E-state index in [4.69, 9.17) is 0 Å². The van der Waals surface area contributed by atoms with Crippen molar-refractivity contribution in [2.75, 3.05) is 18.9 Å². The topological polar surface area (TPSA) is 88.1 Å². The van der Waals surface area contributed by atoms with Crippen molar-refractivity contribution in [1.29, 1.82) is 0 Å². The number of hydrogen-bond donors (Lipinski definition) is 1. The highest BCUT2D eigenvalue weighted by Gasteiger charge is 2.44. The van der Waals surface area contributed by atoms with Gasteiger partial charge in [0.1, 0.15) is 5.92 Å². The average Bonchev–Trinajstić information content (AvgIpc) is 2.93. The maximum absolute atomic E-state index is 12.8. The first-order valence-electron chi connectivity index (χ1n) is 8.49. The van der Waals surface area contributed by atoms with Crippen LogP contribution < -0.4 is 5.32 Å². The lowest BCUT2D eigenvalue weighted by Gasteiger charge is -2.17. The molecule has 0 aliphatic carbocycles. The lowest BCUT2D eigenvalue weighted by molar-refractivity contribution is -0.138. The zero-order valence-electron chi connectivity index (χ0n) is 15.4. The zero-order chi connectivity index (χ0) is 20.6. The molecule has 2 amide bonds. The molecule has 10 heteroatoms.